The molecular weight excluding hydrogens is 118 g/mol. The van der Waals surface area contributed by atoms with E-state index in [9.17, 15) is 4.79 Å². The van der Waals surface area contributed by atoms with Crippen LogP contribution in [0, 0.1) is 5.92 Å². The largest absolute Gasteiger partial charge is 0.371 e. The second-order valence-corrected chi connectivity index (χ2v) is 2.42. The van der Waals surface area contributed by atoms with Crippen LogP contribution in [-0.2, 0) is 9.53 Å². The Labute approximate surface area is 54.2 Å². The van der Waals surface area contributed by atoms with Crippen molar-refractivity contribution in [3.05, 3.63) is 0 Å². The Morgan fingerprint density at radius 2 is 2.33 bits per heavy atom. The van der Waals surface area contributed by atoms with E-state index in [4.69, 9.17) is 10.5 Å². The Kier molecular flexibility index (Phi) is 2.05. The second-order valence-electron chi connectivity index (χ2n) is 2.42. The summed E-state index contributed by atoms with van der Waals surface area (Å²) in [5.74, 6) is 0.333. The average Bonchev–Trinajstić information content (AvgIpc) is 2.48. The highest BCUT2D eigenvalue weighted by atomic mass is 16.5. The molecule has 0 radical (unpaired) electrons. The molecule has 52 valence electrons. The van der Waals surface area contributed by atoms with Crippen molar-refractivity contribution >= 4 is 5.91 Å². The fourth-order valence-electron chi connectivity index (χ4n) is 0.611. The van der Waals surface area contributed by atoms with Gasteiger partial charge in [-0.1, -0.05) is 0 Å². The molecule has 3 heteroatoms. The average molecular weight is 129 g/mol. The molecule has 1 rings (SSSR count). The van der Waals surface area contributed by atoms with Crippen molar-refractivity contribution in [2.45, 2.75) is 12.8 Å². The van der Waals surface area contributed by atoms with Gasteiger partial charge in [-0.3, -0.25) is 4.79 Å². The van der Waals surface area contributed by atoms with Crippen LogP contribution in [0.15, 0.2) is 0 Å². The number of carbonyl (C=O) groups is 1. The molecule has 0 spiro atoms. The Balaban J connectivity index is 1.86. The monoisotopic (exact) mass is 129 g/mol. The van der Waals surface area contributed by atoms with Crippen LogP contribution < -0.4 is 5.73 Å². The molecule has 0 unspecified atom stereocenters. The fourth-order valence-corrected chi connectivity index (χ4v) is 0.611. The summed E-state index contributed by atoms with van der Waals surface area (Å²) in [4.78, 5) is 10.1. The van der Waals surface area contributed by atoms with Crippen LogP contribution >= 0.6 is 0 Å². The van der Waals surface area contributed by atoms with Gasteiger partial charge in [0.2, 0.25) is 5.91 Å². The Bertz CT molecular complexity index is 110. The van der Waals surface area contributed by atoms with Crippen LogP contribution in [0.1, 0.15) is 12.8 Å². The quantitative estimate of drug-likeness (QED) is 0.576. The van der Waals surface area contributed by atoms with Crippen molar-refractivity contribution in [3.8, 4) is 0 Å². The molecule has 2 N–H and O–H groups in total. The molecular formula is C6H11NO2. The maximum Gasteiger partial charge on any atom is 0.243 e. The van der Waals surface area contributed by atoms with Crippen LogP contribution in [0.2, 0.25) is 0 Å². The fraction of sp³-hybridized carbons (Fsp3) is 0.833. The lowest BCUT2D eigenvalue weighted by Gasteiger charge is -1.96. The smallest absolute Gasteiger partial charge is 0.243 e. The van der Waals surface area contributed by atoms with Gasteiger partial charge in [0.15, 0.2) is 0 Å². The first-order valence-electron chi connectivity index (χ1n) is 3.15. The summed E-state index contributed by atoms with van der Waals surface area (Å²) in [7, 11) is 0. The molecule has 0 aromatic carbocycles. The molecule has 1 amide bonds. The third kappa shape index (κ3) is 3.08. The molecule has 0 saturated heterocycles. The maximum atomic E-state index is 10.1. The number of hydrogen-bond donors (Lipinski definition) is 1. The van der Waals surface area contributed by atoms with Crippen LogP contribution in [0.5, 0.6) is 0 Å². The molecule has 0 bridgehead atoms. The number of amides is 1. The van der Waals surface area contributed by atoms with Crippen molar-refractivity contribution in [2.24, 2.45) is 11.7 Å². The molecule has 1 fully saturated rings. The van der Waals surface area contributed by atoms with E-state index < -0.39 is 0 Å². The third-order valence-corrected chi connectivity index (χ3v) is 1.29. The van der Waals surface area contributed by atoms with E-state index in [1.54, 1.807) is 0 Å². The van der Waals surface area contributed by atoms with Crippen LogP contribution in [-0.4, -0.2) is 19.1 Å². The Morgan fingerprint density at radius 1 is 1.67 bits per heavy atom. The van der Waals surface area contributed by atoms with Gasteiger partial charge in [0.25, 0.3) is 0 Å². The number of rotatable bonds is 4. The Hall–Kier alpha value is -0.570. The number of nitrogens with two attached hydrogens (primary N) is 1. The minimum Gasteiger partial charge on any atom is -0.371 e. The van der Waals surface area contributed by atoms with Gasteiger partial charge >= 0.3 is 0 Å². The summed E-state index contributed by atoms with van der Waals surface area (Å²) in [6.07, 6.45) is 2.50. The highest BCUT2D eigenvalue weighted by molar-refractivity contribution is 5.74. The maximum absolute atomic E-state index is 10.1. The van der Waals surface area contributed by atoms with Crippen LogP contribution in [0.25, 0.3) is 0 Å². The normalized spacial score (nSPS) is 17.8. The molecule has 1 aliphatic rings. The number of hydrogen-bond acceptors (Lipinski definition) is 2. The van der Waals surface area contributed by atoms with Gasteiger partial charge in [-0.15, -0.1) is 0 Å². The summed E-state index contributed by atoms with van der Waals surface area (Å²) in [5, 5.41) is 0. The van der Waals surface area contributed by atoms with Crippen molar-refractivity contribution < 1.29 is 9.53 Å². The summed E-state index contributed by atoms with van der Waals surface area (Å²) in [5.41, 5.74) is 4.84. The van der Waals surface area contributed by atoms with E-state index in [2.05, 4.69) is 0 Å². The zero-order chi connectivity index (χ0) is 6.69. The van der Waals surface area contributed by atoms with Gasteiger partial charge in [-0.05, 0) is 18.8 Å². The first kappa shape index (κ1) is 6.55. The SMILES string of the molecule is NC(=O)COCC1CC1. The molecule has 0 heterocycles. The standard InChI is InChI=1S/C6H11NO2/c7-6(8)4-9-3-5-1-2-5/h5H,1-4H2,(H2,7,8). The lowest BCUT2D eigenvalue weighted by molar-refractivity contribution is -0.122. The first-order valence-corrected chi connectivity index (χ1v) is 3.15. The van der Waals surface area contributed by atoms with Gasteiger partial charge in [-0.25, -0.2) is 0 Å². The minimum atomic E-state index is -0.379. The predicted octanol–water partition coefficient (Wildman–Crippen LogP) is -0.102. The van der Waals surface area contributed by atoms with E-state index in [0.717, 1.165) is 0 Å². The predicted molar refractivity (Wildman–Crippen MR) is 32.7 cm³/mol. The van der Waals surface area contributed by atoms with E-state index in [-0.39, 0.29) is 12.5 Å². The summed E-state index contributed by atoms with van der Waals surface area (Å²) < 4.78 is 4.94. The highest BCUT2D eigenvalue weighted by Crippen LogP contribution is 2.28. The third-order valence-electron chi connectivity index (χ3n) is 1.29. The summed E-state index contributed by atoms with van der Waals surface area (Å²) in [6.45, 7) is 0.791. The summed E-state index contributed by atoms with van der Waals surface area (Å²) in [6, 6.07) is 0. The molecule has 1 aliphatic carbocycles. The molecule has 0 aliphatic heterocycles. The zero-order valence-corrected chi connectivity index (χ0v) is 5.30. The zero-order valence-electron chi connectivity index (χ0n) is 5.30. The van der Waals surface area contributed by atoms with E-state index in [1.807, 2.05) is 0 Å². The number of primary amides is 1. The molecule has 1 saturated carbocycles. The van der Waals surface area contributed by atoms with E-state index in [0.29, 0.717) is 12.5 Å². The van der Waals surface area contributed by atoms with Gasteiger partial charge in [0.05, 0.1) is 6.61 Å². The topological polar surface area (TPSA) is 52.3 Å². The molecule has 0 aromatic rings. The minimum absolute atomic E-state index is 0.0799. The van der Waals surface area contributed by atoms with Crippen LogP contribution in [0.4, 0.5) is 0 Å². The second kappa shape index (κ2) is 2.82. The lowest BCUT2D eigenvalue weighted by atomic mass is 10.5. The molecule has 9 heavy (non-hydrogen) atoms. The van der Waals surface area contributed by atoms with Crippen molar-refractivity contribution in [3.63, 3.8) is 0 Å². The van der Waals surface area contributed by atoms with E-state index >= 15 is 0 Å². The van der Waals surface area contributed by atoms with Crippen LogP contribution in [0.3, 0.4) is 0 Å². The highest BCUT2D eigenvalue weighted by Gasteiger charge is 2.21. The van der Waals surface area contributed by atoms with Crippen molar-refractivity contribution in [1.29, 1.82) is 0 Å². The van der Waals surface area contributed by atoms with Crippen molar-refractivity contribution in [2.75, 3.05) is 13.2 Å². The lowest BCUT2D eigenvalue weighted by Crippen LogP contribution is -2.18. The number of carbonyl (C=O) groups excluding carboxylic acids is 1. The first-order chi connectivity index (χ1) is 4.29. The van der Waals surface area contributed by atoms with Gasteiger partial charge in [0.1, 0.15) is 6.61 Å². The van der Waals surface area contributed by atoms with Gasteiger partial charge < -0.3 is 10.5 Å². The number of ether oxygens (including phenoxy) is 1. The summed E-state index contributed by atoms with van der Waals surface area (Å²) >= 11 is 0. The van der Waals surface area contributed by atoms with E-state index in [1.165, 1.54) is 12.8 Å². The van der Waals surface area contributed by atoms with Crippen molar-refractivity contribution in [1.82, 2.24) is 0 Å². The molecule has 3 nitrogen and oxygen atoms in total. The Morgan fingerprint density at radius 3 is 2.78 bits per heavy atom. The molecule has 0 atom stereocenters. The van der Waals surface area contributed by atoms with Gasteiger partial charge in [-0.2, -0.15) is 0 Å². The molecule has 0 aromatic heterocycles. The van der Waals surface area contributed by atoms with Gasteiger partial charge in [0, 0.05) is 0 Å².